The highest BCUT2D eigenvalue weighted by Gasteiger charge is 2.30. The van der Waals surface area contributed by atoms with Crippen LogP contribution >= 0.6 is 0 Å². The predicted molar refractivity (Wildman–Crippen MR) is 442 cm³/mol. The fraction of sp³-hybridized carbons (Fsp3) is 0.102. The monoisotopic (exact) mass is 1560 g/mol. The van der Waals surface area contributed by atoms with Gasteiger partial charge in [-0.1, -0.05) is 158 Å². The van der Waals surface area contributed by atoms with Crippen LogP contribution in [-0.2, 0) is 28.2 Å². The Morgan fingerprint density at radius 2 is 0.573 bits per heavy atom. The molecule has 574 valence electrons. The van der Waals surface area contributed by atoms with Crippen LogP contribution in [0.5, 0.6) is 0 Å². The maximum Gasteiger partial charge on any atom is 0.232 e. The lowest BCUT2D eigenvalue weighted by atomic mass is 9.97. The number of rotatable bonds is 8. The number of furan rings is 4. The fourth-order valence-electron chi connectivity index (χ4n) is 15.9. The highest BCUT2D eigenvalue weighted by Crippen LogP contribution is 2.44. The van der Waals surface area contributed by atoms with Gasteiger partial charge in [-0.25, -0.2) is 31.4 Å². The average molecular weight is 1560 g/mol. The van der Waals surface area contributed by atoms with Gasteiger partial charge >= 0.3 is 0 Å². The second kappa shape index (κ2) is 30.5. The molecule has 0 bridgehead atoms. The summed E-state index contributed by atoms with van der Waals surface area (Å²) in [5, 5.41) is 4.11. The number of benzene rings is 8. The summed E-state index contributed by atoms with van der Waals surface area (Å²) in [5.41, 5.74) is 24.8. The molecule has 0 N–H and O–H groups in total. The lowest BCUT2D eigenvalue weighted by molar-refractivity contribution is -0.660. The van der Waals surface area contributed by atoms with Crippen molar-refractivity contribution in [2.45, 2.75) is 41.5 Å². The fourth-order valence-corrected chi connectivity index (χ4v) is 15.9. The van der Waals surface area contributed by atoms with Gasteiger partial charge in [-0.3, -0.25) is 0 Å². The summed E-state index contributed by atoms with van der Waals surface area (Å²) in [6.07, 6.45) is 8.31. The van der Waals surface area contributed by atoms with E-state index in [1.807, 2.05) is 190 Å². The van der Waals surface area contributed by atoms with E-state index < -0.39 is 41.2 Å². The van der Waals surface area contributed by atoms with Gasteiger partial charge in [-0.15, -0.1) is 0 Å². The van der Waals surface area contributed by atoms with Crippen LogP contribution in [0.1, 0.15) is 33.4 Å². The third kappa shape index (κ3) is 14.0. The number of nitrogens with zero attached hydrogens (tertiary/aromatic N) is 8. The minimum Gasteiger partial charge on any atom is -0.437 e. The van der Waals surface area contributed by atoms with Gasteiger partial charge in [0.1, 0.15) is 45.6 Å². The number of hydrogen-bond donors (Lipinski definition) is 0. The Balaban J connectivity index is 0.000000112. The van der Waals surface area contributed by atoms with Crippen molar-refractivity contribution in [3.63, 3.8) is 0 Å². The molecule has 12 nitrogen and oxygen atoms in total. The molecule has 20 aromatic rings. The molecule has 0 spiro atoms. The van der Waals surface area contributed by atoms with Gasteiger partial charge in [0.25, 0.3) is 0 Å². The standard InChI is InChI=1S/C25H19F2N2O.C25H20FN2O.2C24H17F2N2O/c1-14-9-10-17-23-19(26)12-21(27)28-25(23)30-24(17)22(14)20-11-15(2)18(13-29(20)3)16-7-5-4-6-8-16;1-15-9-10-18-19-11-12-22(26)27-25(19)29-24(18)23(15)21-13-16(2)20(14-28(21)3)17-7-5-4-6-8-17;1-14-12-18(25)22-17-9-11-20(26)27-24(17)29-23(22)21(14)19-10-8-16(13-28(19)2)15-6-4-3-5-7-15;1-14-8-10-17-22-18(25)12-20(26)27-24(22)29-23(17)21(14)19-11-9-16(13-28(19)2)15-6-4-3-5-7-15/h4-13H,1-3H3;4-14H,1-3H3;2*3-13H,1-2H3/q4*+1. The van der Waals surface area contributed by atoms with Gasteiger partial charge in [-0.05, 0) is 140 Å². The Morgan fingerprint density at radius 3 is 1.01 bits per heavy atom. The number of halogens is 7. The maximum absolute atomic E-state index is 14.8. The molecular formula is C98H73F7N8O4+4. The predicted octanol–water partition coefficient (Wildman–Crippen LogP) is 23.4. The van der Waals surface area contributed by atoms with Crippen molar-refractivity contribution >= 4 is 88.3 Å². The van der Waals surface area contributed by atoms with E-state index in [2.05, 4.69) is 124 Å². The number of fused-ring (bicyclic) bond motifs is 12. The Morgan fingerprint density at radius 1 is 0.239 bits per heavy atom. The first-order chi connectivity index (χ1) is 56.5. The molecule has 0 atom stereocenters. The van der Waals surface area contributed by atoms with Gasteiger partial charge in [0.2, 0.25) is 69.4 Å². The van der Waals surface area contributed by atoms with Crippen LogP contribution in [0, 0.1) is 82.8 Å². The molecule has 117 heavy (non-hydrogen) atoms. The largest absolute Gasteiger partial charge is 0.437 e. The minimum atomic E-state index is -0.898. The van der Waals surface area contributed by atoms with Gasteiger partial charge < -0.3 is 17.7 Å². The average Bonchev–Trinajstić information content (AvgIpc) is 1.62. The SMILES string of the molecule is Cc1cc(-c2c(C)ccc3c2oc2nc(F)cc(F)c23)[n+](C)cc1-c1ccccc1.Cc1cc(-c2c(C)ccc3c2oc2nc(F)ccc23)[n+](C)cc1-c1ccccc1.Cc1cc(F)c2c(oc3nc(F)ccc32)c1-c1ccc(-c2ccccc2)c[n+]1C.Cc1ccc2c(oc3nc(F)cc(F)c32)c1-c1ccc(-c2ccccc2)c[n+]1C. The molecule has 0 aliphatic carbocycles. The quantitative estimate of drug-likeness (QED) is 0.0838. The van der Waals surface area contributed by atoms with Gasteiger partial charge in [-0.2, -0.15) is 37.5 Å². The molecule has 0 amide bonds. The van der Waals surface area contributed by atoms with Crippen molar-refractivity contribution in [1.82, 2.24) is 19.9 Å². The van der Waals surface area contributed by atoms with Crippen molar-refractivity contribution in [1.29, 1.82) is 0 Å². The number of aromatic nitrogens is 8. The Bertz CT molecular complexity index is 7350. The molecule has 12 aromatic heterocycles. The summed E-state index contributed by atoms with van der Waals surface area (Å²) in [4.78, 5) is 15.2. The molecule has 12 heterocycles. The van der Waals surface area contributed by atoms with Crippen LogP contribution in [0.25, 0.3) is 178 Å². The summed E-state index contributed by atoms with van der Waals surface area (Å²) in [6.45, 7) is 12.0. The minimum absolute atomic E-state index is 0.0327. The molecule has 0 saturated heterocycles. The van der Waals surface area contributed by atoms with Gasteiger partial charge in [0.05, 0.1) is 43.8 Å². The lowest BCUT2D eigenvalue weighted by Crippen LogP contribution is -2.31. The Hall–Kier alpha value is -14.3. The molecule has 8 aromatic carbocycles. The van der Waals surface area contributed by atoms with Crippen molar-refractivity contribution in [3.8, 4) is 89.5 Å². The van der Waals surface area contributed by atoms with E-state index in [0.717, 1.165) is 135 Å². The van der Waals surface area contributed by atoms with E-state index >= 15 is 0 Å². The van der Waals surface area contributed by atoms with Crippen LogP contribution < -0.4 is 18.3 Å². The number of aryl methyl sites for hydroxylation is 10. The lowest BCUT2D eigenvalue weighted by Gasteiger charge is -2.10. The van der Waals surface area contributed by atoms with Crippen LogP contribution in [0.15, 0.2) is 279 Å². The first-order valence-electron chi connectivity index (χ1n) is 37.8. The van der Waals surface area contributed by atoms with Gasteiger partial charge in [0, 0.05) is 80.2 Å². The molecule has 0 unspecified atom stereocenters. The summed E-state index contributed by atoms with van der Waals surface area (Å²) >= 11 is 0. The first kappa shape index (κ1) is 75.4. The molecule has 0 fully saturated rings. The third-order valence-electron chi connectivity index (χ3n) is 21.5. The Kier molecular flexibility index (Phi) is 19.7. The highest BCUT2D eigenvalue weighted by atomic mass is 19.2. The summed E-state index contributed by atoms with van der Waals surface area (Å²) < 4.78 is 130. The van der Waals surface area contributed by atoms with Crippen LogP contribution in [0.3, 0.4) is 0 Å². The maximum atomic E-state index is 14.8. The van der Waals surface area contributed by atoms with Crippen molar-refractivity contribution in [3.05, 3.63) is 336 Å². The zero-order chi connectivity index (χ0) is 81.4. The second-order valence-electron chi connectivity index (χ2n) is 29.3. The first-order valence-corrected chi connectivity index (χ1v) is 37.8. The van der Waals surface area contributed by atoms with E-state index in [9.17, 15) is 30.7 Å². The molecule has 0 saturated carbocycles. The molecule has 0 aliphatic heterocycles. The van der Waals surface area contributed by atoms with Crippen LogP contribution in [-0.4, -0.2) is 19.9 Å². The smallest absolute Gasteiger partial charge is 0.232 e. The van der Waals surface area contributed by atoms with E-state index in [1.165, 1.54) is 41.0 Å². The van der Waals surface area contributed by atoms with Gasteiger partial charge in [0.15, 0.2) is 47.1 Å². The summed E-state index contributed by atoms with van der Waals surface area (Å²) in [5.74, 6) is -4.75. The topological polar surface area (TPSA) is 120 Å². The van der Waals surface area contributed by atoms with Crippen molar-refractivity contribution in [2.24, 2.45) is 28.2 Å². The highest BCUT2D eigenvalue weighted by molar-refractivity contribution is 6.12. The van der Waals surface area contributed by atoms with E-state index in [-0.39, 0.29) is 27.9 Å². The summed E-state index contributed by atoms with van der Waals surface area (Å²) in [6, 6.07) is 73.5. The van der Waals surface area contributed by atoms with E-state index in [0.29, 0.717) is 44.0 Å². The number of hydrogen-bond acceptors (Lipinski definition) is 8. The third-order valence-corrected chi connectivity index (χ3v) is 21.5. The number of pyridine rings is 8. The van der Waals surface area contributed by atoms with Crippen molar-refractivity contribution < 1.29 is 66.7 Å². The molecule has 0 aliphatic rings. The van der Waals surface area contributed by atoms with Crippen molar-refractivity contribution in [2.75, 3.05) is 0 Å². The molecule has 19 heteroatoms. The molecule has 20 rings (SSSR count). The Labute approximate surface area is 666 Å². The molecule has 0 radical (unpaired) electrons. The zero-order valence-corrected chi connectivity index (χ0v) is 65.2. The molecular weight excluding hydrogens is 1490 g/mol. The van der Waals surface area contributed by atoms with Crippen LogP contribution in [0.2, 0.25) is 0 Å². The van der Waals surface area contributed by atoms with Crippen LogP contribution in [0.4, 0.5) is 30.7 Å². The van der Waals surface area contributed by atoms with E-state index in [1.54, 1.807) is 18.2 Å². The zero-order valence-electron chi connectivity index (χ0n) is 65.2. The summed E-state index contributed by atoms with van der Waals surface area (Å²) in [7, 11) is 7.92. The normalized spacial score (nSPS) is 11.5. The van der Waals surface area contributed by atoms with E-state index in [4.69, 9.17) is 17.7 Å². The second-order valence-corrected chi connectivity index (χ2v) is 29.3.